The lowest BCUT2D eigenvalue weighted by molar-refractivity contribution is -0.144. The van der Waals surface area contributed by atoms with Crippen LogP contribution < -0.4 is 5.32 Å². The molecule has 0 saturated heterocycles. The number of hydrogen-bond donors (Lipinski definition) is 2. The van der Waals surface area contributed by atoms with Crippen LogP contribution in [0.5, 0.6) is 0 Å². The molecule has 88 valence electrons. The molecule has 0 aromatic carbocycles. The Kier molecular flexibility index (Phi) is 4.36. The van der Waals surface area contributed by atoms with Gasteiger partial charge in [-0.05, 0) is 20.7 Å². The van der Waals surface area contributed by atoms with Gasteiger partial charge in [-0.15, -0.1) is 0 Å². The van der Waals surface area contributed by atoms with Gasteiger partial charge in [0.05, 0.1) is 13.7 Å². The van der Waals surface area contributed by atoms with Gasteiger partial charge in [0.1, 0.15) is 5.60 Å². The summed E-state index contributed by atoms with van der Waals surface area (Å²) in [4.78, 5) is 22.3. The molecule has 2 N–H and O–H groups in total. The summed E-state index contributed by atoms with van der Waals surface area (Å²) in [7, 11) is 1.14. The molecule has 6 heteroatoms. The highest BCUT2D eigenvalue weighted by Crippen LogP contribution is 2.06. The number of carbonyl (C=O) groups is 2. The normalized spacial score (nSPS) is 13.7. The van der Waals surface area contributed by atoms with Crippen LogP contribution >= 0.6 is 0 Å². The number of nitrogens with one attached hydrogen (secondary N) is 1. The molecular formula is C9H17NO5. The van der Waals surface area contributed by atoms with E-state index in [-0.39, 0.29) is 6.90 Å². The predicted octanol–water partition coefficient (Wildman–Crippen LogP) is 0.0450. The van der Waals surface area contributed by atoms with Crippen molar-refractivity contribution in [1.29, 1.82) is 0 Å². The van der Waals surface area contributed by atoms with Gasteiger partial charge in [0.25, 0.3) is 0 Å². The number of aliphatic hydroxyl groups is 1. The topological polar surface area (TPSA) is 84.9 Å². The summed E-state index contributed by atoms with van der Waals surface area (Å²) in [5, 5.41) is 11.0. The van der Waals surface area contributed by atoms with E-state index in [1.807, 2.05) is 0 Å². The van der Waals surface area contributed by atoms with Crippen LogP contribution in [-0.4, -0.2) is 42.5 Å². The first-order valence-corrected chi connectivity index (χ1v) is 4.33. The van der Waals surface area contributed by atoms with Crippen molar-refractivity contribution in [2.24, 2.45) is 0 Å². The van der Waals surface area contributed by atoms with Gasteiger partial charge in [-0.25, -0.2) is 9.59 Å². The Hall–Kier alpha value is -1.30. The number of ether oxygens (including phenoxy) is 2. The maximum absolute atomic E-state index is 11.3. The van der Waals surface area contributed by atoms with Gasteiger partial charge in [0.2, 0.25) is 0 Å². The number of hydrogen-bond acceptors (Lipinski definition) is 5. The summed E-state index contributed by atoms with van der Waals surface area (Å²) in [5.74, 6) is -0.761. The van der Waals surface area contributed by atoms with E-state index in [1.54, 1.807) is 13.8 Å². The minimum atomic E-state index is -1.15. The largest absolute Gasteiger partial charge is 0.467 e. The van der Waals surface area contributed by atoms with Crippen molar-refractivity contribution in [3.63, 3.8) is 0 Å². The highest BCUT2D eigenvalue weighted by atomic mass is 16.6. The molecule has 0 aliphatic rings. The second-order valence-corrected chi connectivity index (χ2v) is 3.55. The van der Waals surface area contributed by atoms with E-state index >= 15 is 0 Å². The van der Waals surface area contributed by atoms with Gasteiger partial charge >= 0.3 is 12.1 Å². The molecule has 0 aromatic heterocycles. The van der Waals surface area contributed by atoms with Crippen molar-refractivity contribution in [2.45, 2.75) is 32.4 Å². The number of aliphatic hydroxyl groups excluding tert-OH is 1. The Labute approximate surface area is 90.0 Å². The minimum absolute atomic E-state index is 0.109. The highest BCUT2D eigenvalue weighted by Gasteiger charge is 2.23. The Morgan fingerprint density at radius 2 is 2.20 bits per heavy atom. The van der Waals surface area contributed by atoms with E-state index in [0.717, 1.165) is 7.11 Å². The fourth-order valence-corrected chi connectivity index (χ4v) is 0.744. The predicted molar refractivity (Wildman–Crippen MR) is 52.3 cm³/mol. The molecular weight excluding hydrogens is 202 g/mol. The van der Waals surface area contributed by atoms with Crippen LogP contribution in [0, 0.1) is 0 Å². The smallest absolute Gasteiger partial charge is 0.408 e. The molecule has 0 heterocycles. The van der Waals surface area contributed by atoms with E-state index < -0.39 is 30.3 Å². The molecule has 0 spiro atoms. The Bertz CT molecular complexity index is 256. The average molecular weight is 220 g/mol. The van der Waals surface area contributed by atoms with Gasteiger partial charge in [0, 0.05) is 1.37 Å². The maximum Gasteiger partial charge on any atom is 0.408 e. The molecule has 6 nitrogen and oxygen atoms in total. The fourth-order valence-electron chi connectivity index (χ4n) is 0.744. The van der Waals surface area contributed by atoms with E-state index in [1.165, 1.54) is 0 Å². The third kappa shape index (κ3) is 5.90. The van der Waals surface area contributed by atoms with Crippen molar-refractivity contribution in [1.82, 2.24) is 5.32 Å². The molecule has 0 aliphatic carbocycles. The van der Waals surface area contributed by atoms with E-state index in [9.17, 15) is 9.59 Å². The third-order valence-corrected chi connectivity index (χ3v) is 1.33. The van der Waals surface area contributed by atoms with Crippen molar-refractivity contribution in [2.75, 3.05) is 13.7 Å². The summed E-state index contributed by atoms with van der Waals surface area (Å²) in [6, 6.07) is -1.15. The lowest BCUT2D eigenvalue weighted by Crippen LogP contribution is -2.46. The zero-order valence-electron chi connectivity index (χ0n) is 10.1. The molecule has 0 unspecified atom stereocenters. The zero-order chi connectivity index (χ0) is 12.8. The summed E-state index contributed by atoms with van der Waals surface area (Å²) in [6.07, 6.45) is -0.873. The number of amides is 1. The van der Waals surface area contributed by atoms with Gasteiger partial charge < -0.3 is 19.9 Å². The molecule has 0 bridgehead atoms. The van der Waals surface area contributed by atoms with E-state index in [0.29, 0.717) is 0 Å². The average Bonchev–Trinajstić information content (AvgIpc) is 2.24. The third-order valence-electron chi connectivity index (χ3n) is 1.33. The lowest BCUT2D eigenvalue weighted by atomic mass is 10.2. The van der Waals surface area contributed by atoms with Gasteiger partial charge in [-0.1, -0.05) is 0 Å². The molecule has 0 fully saturated rings. The van der Waals surface area contributed by atoms with E-state index in [4.69, 9.17) is 11.2 Å². The number of alkyl carbamates (subject to hydrolysis) is 1. The molecule has 1 atom stereocenters. The molecule has 1 amide bonds. The molecule has 15 heavy (non-hydrogen) atoms. The fraction of sp³-hybridized carbons (Fsp3) is 0.778. The Balaban J connectivity index is 4.27. The van der Waals surface area contributed by atoms with Crippen LogP contribution in [0.1, 0.15) is 22.1 Å². The summed E-state index contributed by atoms with van der Waals surface area (Å²) < 4.78 is 16.3. The summed E-state index contributed by atoms with van der Waals surface area (Å²) in [5.41, 5.74) is -0.944. The van der Waals surface area contributed by atoms with Gasteiger partial charge in [-0.3, -0.25) is 0 Å². The number of methoxy groups -OCH3 is 1. The SMILES string of the molecule is [2H]CC(C)(C)OC(=O)N[C@@H](CO)C(=O)OC. The minimum Gasteiger partial charge on any atom is -0.467 e. The molecule has 0 rings (SSSR count). The first kappa shape index (κ1) is 11.8. The Morgan fingerprint density at radius 1 is 1.60 bits per heavy atom. The van der Waals surface area contributed by atoms with Crippen molar-refractivity contribution < 1.29 is 25.5 Å². The molecule has 0 saturated carbocycles. The van der Waals surface area contributed by atoms with Crippen LogP contribution in [0.4, 0.5) is 4.79 Å². The van der Waals surface area contributed by atoms with Crippen molar-refractivity contribution >= 4 is 12.1 Å². The monoisotopic (exact) mass is 220 g/mol. The van der Waals surface area contributed by atoms with Crippen molar-refractivity contribution in [3.05, 3.63) is 0 Å². The number of carbonyl (C=O) groups excluding carboxylic acids is 2. The van der Waals surface area contributed by atoms with Crippen LogP contribution in [0.2, 0.25) is 0 Å². The van der Waals surface area contributed by atoms with Crippen LogP contribution in [0.3, 0.4) is 0 Å². The van der Waals surface area contributed by atoms with Gasteiger partial charge in [-0.2, -0.15) is 0 Å². The maximum atomic E-state index is 11.3. The first-order valence-electron chi connectivity index (χ1n) is 5.04. The highest BCUT2D eigenvalue weighted by molar-refractivity contribution is 5.81. The quantitative estimate of drug-likeness (QED) is 0.656. The van der Waals surface area contributed by atoms with E-state index in [2.05, 4.69) is 10.1 Å². The second-order valence-electron chi connectivity index (χ2n) is 3.55. The second kappa shape index (κ2) is 5.55. The standard InChI is InChI=1S/C9H17NO5/c1-9(2,3)15-8(13)10-6(5-11)7(12)14-4/h6,11H,5H2,1-4H3,(H,10,13)/t6-/m0/s1/i1D. The summed E-state index contributed by atoms with van der Waals surface area (Å²) in [6.45, 7) is 2.43. The van der Waals surface area contributed by atoms with Crippen LogP contribution in [-0.2, 0) is 14.3 Å². The molecule has 0 aromatic rings. The first-order chi connectivity index (χ1) is 7.36. The zero-order valence-corrected chi connectivity index (χ0v) is 9.07. The molecule has 0 aliphatic heterocycles. The van der Waals surface area contributed by atoms with Crippen molar-refractivity contribution in [3.8, 4) is 0 Å². The Morgan fingerprint density at radius 3 is 2.60 bits per heavy atom. The number of rotatable bonds is 3. The lowest BCUT2D eigenvalue weighted by Gasteiger charge is -2.21. The summed E-state index contributed by atoms with van der Waals surface area (Å²) >= 11 is 0. The van der Waals surface area contributed by atoms with Crippen LogP contribution in [0.15, 0.2) is 0 Å². The molecule has 0 radical (unpaired) electrons. The van der Waals surface area contributed by atoms with Gasteiger partial charge in [0.15, 0.2) is 6.04 Å². The number of esters is 1. The van der Waals surface area contributed by atoms with Crippen LogP contribution in [0.25, 0.3) is 0 Å².